The lowest BCUT2D eigenvalue weighted by Gasteiger charge is -2.23. The molecule has 0 fully saturated rings. The maximum Gasteiger partial charge on any atom is 0.408 e. The summed E-state index contributed by atoms with van der Waals surface area (Å²) in [5, 5.41) is 11.7. The van der Waals surface area contributed by atoms with Gasteiger partial charge in [-0.05, 0) is 60.1 Å². The summed E-state index contributed by atoms with van der Waals surface area (Å²) in [4.78, 5) is 35.9. The maximum absolute atomic E-state index is 13.0. The van der Waals surface area contributed by atoms with Gasteiger partial charge in [-0.1, -0.05) is 0 Å². The highest BCUT2D eigenvalue weighted by Gasteiger charge is 2.29. The molecular formula is C20H33N2O8P. The number of hydrogen-bond acceptors (Lipinski definition) is 7. The summed E-state index contributed by atoms with van der Waals surface area (Å²) >= 11 is 0. The molecule has 1 amide bonds. The predicted molar refractivity (Wildman–Crippen MR) is 115 cm³/mol. The van der Waals surface area contributed by atoms with Gasteiger partial charge in [0, 0.05) is 18.7 Å². The number of hydrogen-bond donors (Lipinski definition) is 2. The molecule has 0 bridgehead atoms. The molecule has 0 aliphatic rings. The maximum atomic E-state index is 13.0. The van der Waals surface area contributed by atoms with Crippen LogP contribution in [0.15, 0.2) is 23.1 Å². The number of carbonyl (C=O) groups excluding carboxylic acids is 1. The molecule has 10 nitrogen and oxygen atoms in total. The molecule has 2 N–H and O–H groups in total. The zero-order valence-corrected chi connectivity index (χ0v) is 20.0. The second-order valence-corrected chi connectivity index (χ2v) is 10.6. The third kappa shape index (κ3) is 10.1. The van der Waals surface area contributed by atoms with Crippen molar-refractivity contribution in [1.29, 1.82) is 0 Å². The average Bonchev–Trinajstić information content (AvgIpc) is 2.53. The van der Waals surface area contributed by atoms with E-state index >= 15 is 0 Å². The lowest BCUT2D eigenvalue weighted by molar-refractivity contribution is -0.139. The van der Waals surface area contributed by atoms with Gasteiger partial charge in [0.2, 0.25) is 0 Å². The molecule has 1 rings (SSSR count). The van der Waals surface area contributed by atoms with Crippen LogP contribution in [0, 0.1) is 0 Å². The summed E-state index contributed by atoms with van der Waals surface area (Å²) in [6.07, 6.45) is -0.617. The van der Waals surface area contributed by atoms with Crippen LogP contribution in [0.1, 0.15) is 54.0 Å². The number of amides is 1. The first-order valence-electron chi connectivity index (χ1n) is 9.98. The van der Waals surface area contributed by atoms with Gasteiger partial charge >= 0.3 is 19.7 Å². The number of carboxylic acid groups (broad SMARTS) is 1. The Balaban J connectivity index is 2.99. The van der Waals surface area contributed by atoms with Gasteiger partial charge in [-0.25, -0.2) is 9.59 Å². The van der Waals surface area contributed by atoms with Crippen molar-refractivity contribution in [2.24, 2.45) is 0 Å². The zero-order chi connectivity index (χ0) is 24.0. The number of aromatic nitrogens is 1. The summed E-state index contributed by atoms with van der Waals surface area (Å²) < 4.78 is 30.2. The van der Waals surface area contributed by atoms with Crippen molar-refractivity contribution in [3.63, 3.8) is 0 Å². The number of aliphatic carboxylic acids is 1. The van der Waals surface area contributed by atoms with Crippen molar-refractivity contribution >= 4 is 19.7 Å². The fourth-order valence-electron chi connectivity index (χ4n) is 2.60. The number of ether oxygens (including phenoxy) is 1. The van der Waals surface area contributed by atoms with Crippen LogP contribution in [-0.2, 0) is 35.9 Å². The van der Waals surface area contributed by atoms with Crippen LogP contribution >= 0.6 is 7.60 Å². The van der Waals surface area contributed by atoms with Crippen LogP contribution in [0.5, 0.6) is 0 Å². The molecule has 0 saturated carbocycles. The molecule has 176 valence electrons. The van der Waals surface area contributed by atoms with Gasteiger partial charge in [-0.3, -0.25) is 9.36 Å². The number of alkyl carbamates (subject to hydrolysis) is 1. The van der Waals surface area contributed by atoms with E-state index in [9.17, 15) is 24.1 Å². The lowest BCUT2D eigenvalue weighted by atomic mass is 10.1. The normalized spacial score (nSPS) is 13.3. The van der Waals surface area contributed by atoms with Crippen LogP contribution in [0.2, 0.25) is 0 Å². The summed E-state index contributed by atoms with van der Waals surface area (Å²) in [6, 6.07) is 1.45. The van der Waals surface area contributed by atoms with Crippen molar-refractivity contribution in [1.82, 2.24) is 9.88 Å². The summed E-state index contributed by atoms with van der Waals surface area (Å²) in [6.45, 7) is 11.8. The van der Waals surface area contributed by atoms with E-state index < -0.39 is 36.9 Å². The summed E-state index contributed by atoms with van der Waals surface area (Å²) in [5.74, 6) is -1.27. The highest BCUT2D eigenvalue weighted by Crippen LogP contribution is 2.51. The molecule has 0 aliphatic carbocycles. The number of carbonyl (C=O) groups is 2. The van der Waals surface area contributed by atoms with Crippen molar-refractivity contribution in [2.75, 3.05) is 0 Å². The van der Waals surface area contributed by atoms with Gasteiger partial charge in [0.25, 0.3) is 5.56 Å². The number of rotatable bonds is 10. The SMILES string of the molecule is CC(C)OP(=O)(Cn1ccc(C[C@H](NC(=O)OC(C)(C)C)C(=O)O)cc1=O)OC(C)C. The Kier molecular flexibility index (Phi) is 9.47. The van der Waals surface area contributed by atoms with Crippen LogP contribution in [0.25, 0.3) is 0 Å². The largest absolute Gasteiger partial charge is 0.480 e. The minimum Gasteiger partial charge on any atom is -0.480 e. The minimum atomic E-state index is -3.58. The smallest absolute Gasteiger partial charge is 0.408 e. The molecule has 1 aromatic rings. The molecule has 1 aromatic heterocycles. The highest BCUT2D eigenvalue weighted by atomic mass is 31.2. The van der Waals surface area contributed by atoms with Crippen LogP contribution in [-0.4, -0.2) is 45.6 Å². The first-order chi connectivity index (χ1) is 14.1. The average molecular weight is 460 g/mol. The molecular weight excluding hydrogens is 427 g/mol. The molecule has 31 heavy (non-hydrogen) atoms. The van der Waals surface area contributed by atoms with Crippen LogP contribution < -0.4 is 10.9 Å². The van der Waals surface area contributed by atoms with Crippen molar-refractivity contribution in [3.05, 3.63) is 34.2 Å². The Morgan fingerprint density at radius 2 is 1.71 bits per heavy atom. The monoisotopic (exact) mass is 460 g/mol. The number of pyridine rings is 1. The Bertz CT molecular complexity index is 859. The standard InChI is InChI=1S/C20H33N2O8P/c1-13(2)29-31(27,30-14(3)4)12-22-9-8-15(11-17(22)23)10-16(18(24)25)21-19(26)28-20(5,6)7/h8-9,11,13-14,16H,10,12H2,1-7H3,(H,21,26)(H,24,25)/t16-/m0/s1. The summed E-state index contributed by atoms with van der Waals surface area (Å²) in [7, 11) is -3.58. The van der Waals surface area contributed by atoms with E-state index in [0.717, 1.165) is 0 Å². The van der Waals surface area contributed by atoms with Crippen molar-refractivity contribution < 1.29 is 33.0 Å². The van der Waals surface area contributed by atoms with Gasteiger partial charge in [-0.15, -0.1) is 0 Å². The Morgan fingerprint density at radius 3 is 2.13 bits per heavy atom. The minimum absolute atomic E-state index is 0.132. The van der Waals surface area contributed by atoms with E-state index in [1.54, 1.807) is 48.5 Å². The van der Waals surface area contributed by atoms with E-state index in [0.29, 0.717) is 5.56 Å². The van der Waals surface area contributed by atoms with E-state index in [-0.39, 0.29) is 24.9 Å². The zero-order valence-electron chi connectivity index (χ0n) is 19.1. The van der Waals surface area contributed by atoms with Crippen LogP contribution in [0.3, 0.4) is 0 Å². The van der Waals surface area contributed by atoms with Gasteiger partial charge in [-0.2, -0.15) is 0 Å². The van der Waals surface area contributed by atoms with E-state index in [1.165, 1.54) is 22.9 Å². The van der Waals surface area contributed by atoms with Gasteiger partial charge in [0.1, 0.15) is 17.9 Å². The van der Waals surface area contributed by atoms with Crippen LogP contribution in [0.4, 0.5) is 4.79 Å². The van der Waals surface area contributed by atoms with E-state index in [1.807, 2.05) is 0 Å². The van der Waals surface area contributed by atoms with Crippen molar-refractivity contribution in [3.8, 4) is 0 Å². The first-order valence-corrected chi connectivity index (χ1v) is 11.7. The van der Waals surface area contributed by atoms with Gasteiger partial charge < -0.3 is 28.8 Å². The third-order valence-electron chi connectivity index (χ3n) is 3.56. The molecule has 0 aliphatic heterocycles. The molecule has 1 heterocycles. The van der Waals surface area contributed by atoms with Gasteiger partial charge in [0.05, 0.1) is 12.2 Å². The molecule has 11 heteroatoms. The topological polar surface area (TPSA) is 133 Å². The fraction of sp³-hybridized carbons (Fsp3) is 0.650. The molecule has 0 spiro atoms. The molecule has 0 radical (unpaired) electrons. The number of nitrogens with one attached hydrogen (secondary N) is 1. The molecule has 1 atom stereocenters. The fourth-order valence-corrected chi connectivity index (χ4v) is 4.67. The summed E-state index contributed by atoms with van der Waals surface area (Å²) in [5.41, 5.74) is -0.898. The Morgan fingerprint density at radius 1 is 1.16 bits per heavy atom. The molecule has 0 unspecified atom stereocenters. The number of carboxylic acids is 1. The lowest BCUT2D eigenvalue weighted by Crippen LogP contribution is -2.44. The highest BCUT2D eigenvalue weighted by molar-refractivity contribution is 7.52. The predicted octanol–water partition coefficient (Wildman–Crippen LogP) is 3.37. The molecule has 0 aromatic carbocycles. The van der Waals surface area contributed by atoms with Crippen molar-refractivity contribution in [2.45, 2.75) is 85.0 Å². The number of nitrogens with zero attached hydrogens (tertiary/aromatic N) is 1. The Hall–Kier alpha value is -2.16. The third-order valence-corrected chi connectivity index (χ3v) is 5.69. The Labute approximate surface area is 182 Å². The second kappa shape index (κ2) is 10.9. The first kappa shape index (κ1) is 26.9. The van der Waals surface area contributed by atoms with E-state index in [2.05, 4.69) is 5.32 Å². The second-order valence-electron chi connectivity index (χ2n) is 8.64. The van der Waals surface area contributed by atoms with E-state index in [4.69, 9.17) is 13.8 Å². The quantitative estimate of drug-likeness (QED) is 0.508. The molecule has 0 saturated heterocycles. The van der Waals surface area contributed by atoms with Gasteiger partial charge in [0.15, 0.2) is 0 Å².